The van der Waals surface area contributed by atoms with E-state index in [2.05, 4.69) is 32.3 Å². The van der Waals surface area contributed by atoms with Gasteiger partial charge in [-0.15, -0.1) is 0 Å². The molecule has 1 aliphatic heterocycles. The second-order valence-electron chi connectivity index (χ2n) is 9.00. The fourth-order valence-corrected chi connectivity index (χ4v) is 3.04. The first-order chi connectivity index (χ1) is 16.8. The molecule has 0 aromatic carbocycles. The highest BCUT2D eigenvalue weighted by molar-refractivity contribution is 5.94. The van der Waals surface area contributed by atoms with Gasteiger partial charge in [-0.05, 0) is 0 Å². The predicted octanol–water partition coefficient (Wildman–Crippen LogP) is -2.23. The zero-order valence-electron chi connectivity index (χ0n) is 20.8. The highest BCUT2D eigenvalue weighted by Crippen LogP contribution is 2.07. The Bertz CT molecular complexity index is 761. The molecular weight excluding hydrogens is 476 g/mol. The van der Waals surface area contributed by atoms with Gasteiger partial charge < -0.3 is 10.6 Å². The molecule has 6 N–H and O–H groups in total. The number of carbonyl (C=O) groups is 8. The van der Waals surface area contributed by atoms with Crippen molar-refractivity contribution in [3.8, 4) is 0 Å². The molecule has 14 heteroatoms. The normalized spacial score (nSPS) is 27.4. The van der Waals surface area contributed by atoms with E-state index in [0.29, 0.717) is 0 Å². The molecule has 0 aromatic rings. The molecule has 1 fully saturated rings. The number of nitrogens with one attached hydrogen (secondary N) is 6. The van der Waals surface area contributed by atoms with Gasteiger partial charge in [-0.3, -0.25) is 60.1 Å². The van der Waals surface area contributed by atoms with Gasteiger partial charge in [0.1, 0.15) is 0 Å². The lowest BCUT2D eigenvalue weighted by molar-refractivity contribution is -0.136. The van der Waals surface area contributed by atoms with Gasteiger partial charge in [0.25, 0.3) is 0 Å². The van der Waals surface area contributed by atoms with Crippen molar-refractivity contribution in [2.45, 2.75) is 53.4 Å². The number of hydrogen-bond donors (Lipinski definition) is 6. The largest absolute Gasteiger partial charge is 0.349 e. The summed E-state index contributed by atoms with van der Waals surface area (Å²) in [6.45, 7) is 5.15. The molecule has 0 aromatic heterocycles. The number of carbonyl (C=O) groups excluding carboxylic acids is 8. The molecule has 36 heavy (non-hydrogen) atoms. The molecule has 0 radical (unpaired) electrons. The summed E-state index contributed by atoms with van der Waals surface area (Å²) in [4.78, 5) is 96.9. The lowest BCUT2D eigenvalue weighted by Gasteiger charge is -2.16. The van der Waals surface area contributed by atoms with Crippen LogP contribution in [-0.4, -0.2) is 60.1 Å². The fourth-order valence-electron chi connectivity index (χ4n) is 3.04. The molecule has 4 atom stereocenters. The van der Waals surface area contributed by atoms with E-state index in [0.717, 1.165) is 0 Å². The van der Waals surface area contributed by atoms with Crippen LogP contribution in [0.5, 0.6) is 0 Å². The summed E-state index contributed by atoms with van der Waals surface area (Å²) in [5.41, 5.74) is 8.65. The smallest absolute Gasteiger partial charge is 0.241 e. The average Bonchev–Trinajstić information content (AvgIpc) is 2.81. The highest BCUT2D eigenvalue weighted by Gasteiger charge is 2.24. The zero-order valence-corrected chi connectivity index (χ0v) is 20.8. The van der Waals surface area contributed by atoms with Gasteiger partial charge in [0, 0.05) is 49.4 Å². The van der Waals surface area contributed by atoms with Gasteiger partial charge in [0.05, 0.1) is 13.1 Å². The molecule has 4 unspecified atom stereocenters. The van der Waals surface area contributed by atoms with E-state index in [-0.39, 0.29) is 38.8 Å². The Morgan fingerprint density at radius 2 is 0.917 bits per heavy atom. The maximum absolute atomic E-state index is 12.2. The van der Waals surface area contributed by atoms with E-state index in [4.69, 9.17) is 0 Å². The monoisotopic (exact) mass is 510 g/mol. The zero-order chi connectivity index (χ0) is 27.4. The van der Waals surface area contributed by atoms with E-state index in [1.165, 1.54) is 27.7 Å². The van der Waals surface area contributed by atoms with Gasteiger partial charge in [-0.25, -0.2) is 0 Å². The Labute approximate surface area is 208 Å². The first kappa shape index (κ1) is 30.2. The molecule has 6 amide bonds. The Kier molecular flexibility index (Phi) is 12.2. The first-order valence-electron chi connectivity index (χ1n) is 11.6. The second-order valence-corrected chi connectivity index (χ2v) is 9.00. The number of ketones is 2. The van der Waals surface area contributed by atoms with Crippen molar-refractivity contribution in [3.63, 3.8) is 0 Å². The van der Waals surface area contributed by atoms with Crippen molar-refractivity contribution in [2.75, 3.05) is 13.1 Å². The summed E-state index contributed by atoms with van der Waals surface area (Å²) in [6, 6.07) is 0. The molecule has 0 bridgehead atoms. The number of Topliss-reactive ketones (excluding diaryl/α,β-unsaturated/α-hetero) is 2. The first-order valence-corrected chi connectivity index (χ1v) is 11.6. The van der Waals surface area contributed by atoms with E-state index in [1.807, 2.05) is 0 Å². The van der Waals surface area contributed by atoms with Crippen molar-refractivity contribution in [1.29, 1.82) is 0 Å². The van der Waals surface area contributed by atoms with Crippen LogP contribution in [0.15, 0.2) is 0 Å². The molecule has 0 aliphatic carbocycles. The van der Waals surface area contributed by atoms with Gasteiger partial charge >= 0.3 is 0 Å². The third kappa shape index (κ3) is 11.1. The summed E-state index contributed by atoms with van der Waals surface area (Å²) < 4.78 is 0. The van der Waals surface area contributed by atoms with Crippen LogP contribution in [0.3, 0.4) is 0 Å². The van der Waals surface area contributed by atoms with Gasteiger partial charge in [-0.1, -0.05) is 27.7 Å². The second kappa shape index (κ2) is 14.5. The number of amides is 6. The molecule has 1 saturated heterocycles. The molecule has 1 heterocycles. The minimum Gasteiger partial charge on any atom is -0.349 e. The lowest BCUT2D eigenvalue weighted by Crippen LogP contribution is -2.48. The van der Waals surface area contributed by atoms with E-state index in [1.54, 1.807) is 0 Å². The third-order valence-corrected chi connectivity index (χ3v) is 5.47. The predicted molar refractivity (Wildman–Crippen MR) is 124 cm³/mol. The summed E-state index contributed by atoms with van der Waals surface area (Å²) in [7, 11) is 0. The Hall–Kier alpha value is -3.84. The van der Waals surface area contributed by atoms with Crippen molar-refractivity contribution in [1.82, 2.24) is 32.3 Å². The van der Waals surface area contributed by atoms with Crippen LogP contribution in [0.1, 0.15) is 53.4 Å². The fraction of sp³-hybridized carbons (Fsp3) is 0.636. The maximum atomic E-state index is 12.2. The van der Waals surface area contributed by atoms with Gasteiger partial charge in [0.15, 0.2) is 11.6 Å². The van der Waals surface area contributed by atoms with E-state index >= 15 is 0 Å². The number of hydrazine groups is 2. The molecule has 14 nitrogen and oxygen atoms in total. The van der Waals surface area contributed by atoms with Gasteiger partial charge in [0.2, 0.25) is 35.4 Å². The lowest BCUT2D eigenvalue weighted by atomic mass is 10.0. The van der Waals surface area contributed by atoms with Crippen LogP contribution >= 0.6 is 0 Å². The van der Waals surface area contributed by atoms with E-state index in [9.17, 15) is 38.4 Å². The Balaban J connectivity index is 2.85. The van der Waals surface area contributed by atoms with Crippen molar-refractivity contribution in [3.05, 3.63) is 0 Å². The quantitative estimate of drug-likeness (QED) is 0.210. The minimum atomic E-state index is -0.869. The van der Waals surface area contributed by atoms with Crippen molar-refractivity contribution >= 4 is 47.0 Å². The molecule has 0 spiro atoms. The molecule has 1 rings (SSSR count). The maximum Gasteiger partial charge on any atom is 0.241 e. The van der Waals surface area contributed by atoms with Crippen LogP contribution in [-0.2, 0) is 38.4 Å². The summed E-state index contributed by atoms with van der Waals surface area (Å²) in [5, 5.41) is 4.80. The van der Waals surface area contributed by atoms with Crippen LogP contribution < -0.4 is 32.3 Å². The molecule has 200 valence electrons. The summed E-state index contributed by atoms with van der Waals surface area (Å²) >= 11 is 0. The topological polar surface area (TPSA) is 209 Å². The number of hydrogen-bond acceptors (Lipinski definition) is 8. The van der Waals surface area contributed by atoms with Crippen LogP contribution in [0, 0.1) is 23.7 Å². The summed E-state index contributed by atoms with van der Waals surface area (Å²) in [6.07, 6.45) is -1.02. The van der Waals surface area contributed by atoms with Crippen molar-refractivity contribution < 1.29 is 38.4 Å². The minimum absolute atomic E-state index is 0.213. The SMILES string of the molecule is CC1CC(=O)NNC(=O)C(C)CC(=O)NNC(=O)C(C)CC(=O)CNC(=O)C(C)CC(=O)NCC1=O. The highest BCUT2D eigenvalue weighted by atomic mass is 16.2. The Morgan fingerprint density at radius 3 is 1.47 bits per heavy atom. The Morgan fingerprint density at radius 1 is 0.472 bits per heavy atom. The molecular formula is C22H34N6O8. The standard InChI is InChI=1S/C22H34N6O8/c1-11-6-18(32)25-28-22(36)14(4)8-19(33)26-27-21(35)12(2)5-15(29)9-24-20(34)13(3)7-17(31)23-10-16(11)30/h11-14H,5-10H2,1-4H3,(H,23,31)(H,24,34)(H,25,32)(H,26,33)(H,27,35)(H,28,36). The van der Waals surface area contributed by atoms with Crippen LogP contribution in [0.25, 0.3) is 0 Å². The van der Waals surface area contributed by atoms with Crippen LogP contribution in [0.2, 0.25) is 0 Å². The van der Waals surface area contributed by atoms with Crippen LogP contribution in [0.4, 0.5) is 0 Å². The molecule has 1 aliphatic rings. The van der Waals surface area contributed by atoms with Gasteiger partial charge in [-0.2, -0.15) is 0 Å². The molecule has 0 saturated carbocycles. The average molecular weight is 511 g/mol. The third-order valence-electron chi connectivity index (χ3n) is 5.47. The van der Waals surface area contributed by atoms with E-state index < -0.39 is 70.7 Å². The van der Waals surface area contributed by atoms with Crippen molar-refractivity contribution in [2.24, 2.45) is 23.7 Å². The summed E-state index contributed by atoms with van der Waals surface area (Å²) in [5.74, 6) is -7.85. The number of rotatable bonds is 0.